The molecule has 0 bridgehead atoms. The standard InChI is InChI=1S/C12H18INO3/c1-2-17-12(16)10(11(15)14-13)9(7-3-4-7)8-5-6-8/h7-10H,2-6H2,1H3,(H,14,15). The van der Waals surface area contributed by atoms with E-state index in [1.54, 1.807) is 29.8 Å². The van der Waals surface area contributed by atoms with Gasteiger partial charge in [0.2, 0.25) is 5.91 Å². The highest BCUT2D eigenvalue weighted by molar-refractivity contribution is 14.1. The van der Waals surface area contributed by atoms with Gasteiger partial charge >= 0.3 is 5.97 Å². The maximum atomic E-state index is 12.0. The summed E-state index contributed by atoms with van der Waals surface area (Å²) >= 11 is 1.80. The molecule has 0 aromatic heterocycles. The van der Waals surface area contributed by atoms with Crippen molar-refractivity contribution < 1.29 is 14.3 Å². The molecule has 17 heavy (non-hydrogen) atoms. The van der Waals surface area contributed by atoms with Crippen LogP contribution in [0.5, 0.6) is 0 Å². The monoisotopic (exact) mass is 351 g/mol. The Hall–Kier alpha value is -0.330. The zero-order valence-corrected chi connectivity index (χ0v) is 12.1. The summed E-state index contributed by atoms with van der Waals surface area (Å²) in [6.45, 7) is 2.12. The number of nitrogens with one attached hydrogen (secondary N) is 1. The predicted octanol–water partition coefficient (Wildman–Crippen LogP) is 2.07. The van der Waals surface area contributed by atoms with Crippen LogP contribution >= 0.6 is 22.9 Å². The number of rotatable bonds is 6. The molecule has 2 aliphatic rings. The molecular formula is C12H18INO3. The fourth-order valence-electron chi connectivity index (χ4n) is 2.62. The number of hydrogen-bond donors (Lipinski definition) is 1. The number of hydrogen-bond acceptors (Lipinski definition) is 3. The Labute approximate surface area is 115 Å². The molecule has 1 N–H and O–H groups in total. The number of carbonyl (C=O) groups excluding carboxylic acids is 2. The molecule has 0 radical (unpaired) electrons. The Kier molecular flexibility index (Phi) is 4.27. The molecule has 0 aromatic carbocycles. The highest BCUT2D eigenvalue weighted by Crippen LogP contribution is 2.52. The van der Waals surface area contributed by atoms with Crippen molar-refractivity contribution in [2.75, 3.05) is 6.61 Å². The van der Waals surface area contributed by atoms with Crippen molar-refractivity contribution >= 4 is 34.7 Å². The van der Waals surface area contributed by atoms with Gasteiger partial charge in [-0.15, -0.1) is 0 Å². The molecule has 96 valence electrons. The fourth-order valence-corrected chi connectivity index (χ4v) is 2.96. The molecule has 1 atom stereocenters. The van der Waals surface area contributed by atoms with Crippen LogP contribution in [0.3, 0.4) is 0 Å². The van der Waals surface area contributed by atoms with E-state index in [1.807, 2.05) is 0 Å². The maximum Gasteiger partial charge on any atom is 0.318 e. The number of amides is 1. The molecule has 1 amide bonds. The van der Waals surface area contributed by atoms with Crippen molar-refractivity contribution in [3.63, 3.8) is 0 Å². The van der Waals surface area contributed by atoms with Gasteiger partial charge in [-0.1, -0.05) is 0 Å². The van der Waals surface area contributed by atoms with E-state index in [0.29, 0.717) is 18.4 Å². The van der Waals surface area contributed by atoms with E-state index in [0.717, 1.165) is 25.7 Å². The number of esters is 1. The molecule has 5 heteroatoms. The minimum atomic E-state index is -0.591. The second-order valence-corrected chi connectivity index (χ2v) is 5.48. The van der Waals surface area contributed by atoms with Crippen molar-refractivity contribution in [2.24, 2.45) is 23.7 Å². The zero-order chi connectivity index (χ0) is 12.4. The lowest BCUT2D eigenvalue weighted by Crippen LogP contribution is -2.39. The van der Waals surface area contributed by atoms with Crippen LogP contribution in [0.25, 0.3) is 0 Å². The minimum absolute atomic E-state index is 0.187. The minimum Gasteiger partial charge on any atom is -0.465 e. The summed E-state index contributed by atoms with van der Waals surface area (Å²) in [4.78, 5) is 23.9. The lowest BCUT2D eigenvalue weighted by molar-refractivity contribution is -0.154. The van der Waals surface area contributed by atoms with Crippen LogP contribution in [-0.4, -0.2) is 18.5 Å². The first-order chi connectivity index (χ1) is 8.19. The van der Waals surface area contributed by atoms with Crippen molar-refractivity contribution in [3.05, 3.63) is 0 Å². The molecule has 0 heterocycles. The molecular weight excluding hydrogens is 333 g/mol. The zero-order valence-electron chi connectivity index (χ0n) is 9.95. The van der Waals surface area contributed by atoms with Crippen LogP contribution < -0.4 is 3.53 Å². The van der Waals surface area contributed by atoms with Crippen molar-refractivity contribution in [1.82, 2.24) is 3.53 Å². The summed E-state index contributed by atoms with van der Waals surface area (Å²) in [7, 11) is 0. The van der Waals surface area contributed by atoms with Crippen molar-refractivity contribution in [2.45, 2.75) is 32.6 Å². The van der Waals surface area contributed by atoms with Gasteiger partial charge in [0.05, 0.1) is 29.5 Å². The van der Waals surface area contributed by atoms with Gasteiger partial charge < -0.3 is 4.74 Å². The lowest BCUT2D eigenvalue weighted by atomic mass is 9.83. The first-order valence-electron chi connectivity index (χ1n) is 6.26. The third kappa shape index (κ3) is 3.11. The Morgan fingerprint density at radius 3 is 2.18 bits per heavy atom. The van der Waals surface area contributed by atoms with Crippen LogP contribution in [0.2, 0.25) is 0 Å². The second kappa shape index (κ2) is 5.54. The highest BCUT2D eigenvalue weighted by atomic mass is 127. The number of ether oxygens (including phenoxy) is 1. The molecule has 2 saturated carbocycles. The van der Waals surface area contributed by atoms with Gasteiger partial charge in [0.25, 0.3) is 0 Å². The normalized spacial score (nSPS) is 21.1. The smallest absolute Gasteiger partial charge is 0.318 e. The predicted molar refractivity (Wildman–Crippen MR) is 71.2 cm³/mol. The van der Waals surface area contributed by atoms with E-state index in [2.05, 4.69) is 3.53 Å². The quantitative estimate of drug-likeness (QED) is 0.345. The van der Waals surface area contributed by atoms with E-state index in [-0.39, 0.29) is 17.8 Å². The Balaban J connectivity index is 2.11. The summed E-state index contributed by atoms with van der Waals surface area (Å²) in [5.74, 6) is 0.213. The molecule has 2 aliphatic carbocycles. The first-order valence-corrected chi connectivity index (χ1v) is 7.34. The molecule has 0 saturated heterocycles. The van der Waals surface area contributed by atoms with Crippen LogP contribution in [0, 0.1) is 23.7 Å². The van der Waals surface area contributed by atoms with Gasteiger partial charge in [0.15, 0.2) is 0 Å². The van der Waals surface area contributed by atoms with Crippen molar-refractivity contribution in [3.8, 4) is 0 Å². The first kappa shape index (κ1) is 13.1. The van der Waals surface area contributed by atoms with E-state index < -0.39 is 5.92 Å². The molecule has 4 nitrogen and oxygen atoms in total. The molecule has 0 aliphatic heterocycles. The average molecular weight is 351 g/mol. The number of halogens is 1. The van der Waals surface area contributed by atoms with E-state index in [4.69, 9.17) is 4.74 Å². The lowest BCUT2D eigenvalue weighted by Gasteiger charge is -2.23. The van der Waals surface area contributed by atoms with E-state index >= 15 is 0 Å². The van der Waals surface area contributed by atoms with Gasteiger partial charge in [-0.2, -0.15) is 0 Å². The largest absolute Gasteiger partial charge is 0.465 e. The van der Waals surface area contributed by atoms with Gasteiger partial charge in [-0.3, -0.25) is 13.1 Å². The summed E-state index contributed by atoms with van der Waals surface area (Å²) in [5, 5.41) is 0. The summed E-state index contributed by atoms with van der Waals surface area (Å²) in [5.41, 5.74) is 0. The van der Waals surface area contributed by atoms with Gasteiger partial charge in [-0.25, -0.2) is 0 Å². The third-order valence-corrected chi connectivity index (χ3v) is 4.17. The summed E-state index contributed by atoms with van der Waals surface area (Å²) in [6, 6.07) is 0. The van der Waals surface area contributed by atoms with Crippen LogP contribution in [0.1, 0.15) is 32.6 Å². The molecule has 0 spiro atoms. The third-order valence-electron chi connectivity index (χ3n) is 3.63. The molecule has 0 aromatic rings. The van der Waals surface area contributed by atoms with Crippen LogP contribution in [0.15, 0.2) is 0 Å². The van der Waals surface area contributed by atoms with Crippen LogP contribution in [-0.2, 0) is 14.3 Å². The second-order valence-electron chi connectivity index (χ2n) is 4.94. The summed E-state index contributed by atoms with van der Waals surface area (Å²) < 4.78 is 7.64. The topological polar surface area (TPSA) is 55.4 Å². The average Bonchev–Trinajstić information content (AvgIpc) is 3.17. The van der Waals surface area contributed by atoms with Crippen molar-refractivity contribution in [1.29, 1.82) is 0 Å². The van der Waals surface area contributed by atoms with E-state index in [9.17, 15) is 9.59 Å². The highest BCUT2D eigenvalue weighted by Gasteiger charge is 2.50. The number of carbonyl (C=O) groups is 2. The van der Waals surface area contributed by atoms with E-state index in [1.165, 1.54) is 0 Å². The SMILES string of the molecule is CCOC(=O)C(C(=O)NI)C(C1CC1)C1CC1. The van der Waals surface area contributed by atoms with Gasteiger partial charge in [-0.05, 0) is 50.4 Å². The fraction of sp³-hybridized carbons (Fsp3) is 0.833. The molecule has 2 rings (SSSR count). The Morgan fingerprint density at radius 2 is 1.82 bits per heavy atom. The summed E-state index contributed by atoms with van der Waals surface area (Å²) in [6.07, 6.45) is 4.63. The van der Waals surface area contributed by atoms with Gasteiger partial charge in [0, 0.05) is 0 Å². The molecule has 1 unspecified atom stereocenters. The maximum absolute atomic E-state index is 12.0. The Bertz CT molecular complexity index is 301. The van der Waals surface area contributed by atoms with Gasteiger partial charge in [0.1, 0.15) is 5.92 Å². The Morgan fingerprint density at radius 1 is 1.29 bits per heavy atom. The van der Waals surface area contributed by atoms with Crippen LogP contribution in [0.4, 0.5) is 0 Å². The molecule has 2 fully saturated rings.